The van der Waals surface area contributed by atoms with Crippen molar-refractivity contribution >= 4 is 40.1 Å². The molecule has 4 rings (SSSR count). The summed E-state index contributed by atoms with van der Waals surface area (Å²) >= 11 is 1.28. The highest BCUT2D eigenvalue weighted by molar-refractivity contribution is 7.99. The number of anilines is 1. The Morgan fingerprint density at radius 3 is 2.55 bits per heavy atom. The molecule has 0 aliphatic rings. The summed E-state index contributed by atoms with van der Waals surface area (Å²) in [6.07, 6.45) is 0. The van der Waals surface area contributed by atoms with Crippen molar-refractivity contribution in [3.05, 3.63) is 78.1 Å². The SMILES string of the molecule is COC(=O)c1ccc(NC(=O)CSc2nnc(COc3cccc4ccccc34)n2C)cc1. The van der Waals surface area contributed by atoms with Gasteiger partial charge < -0.3 is 19.4 Å². The number of rotatable bonds is 8. The van der Waals surface area contributed by atoms with Gasteiger partial charge in [0.15, 0.2) is 11.0 Å². The van der Waals surface area contributed by atoms with E-state index in [4.69, 9.17) is 4.74 Å². The van der Waals surface area contributed by atoms with Crippen molar-refractivity contribution in [2.45, 2.75) is 11.8 Å². The van der Waals surface area contributed by atoms with E-state index in [0.717, 1.165) is 16.5 Å². The summed E-state index contributed by atoms with van der Waals surface area (Å²) in [5.41, 5.74) is 1.01. The number of carbonyl (C=O) groups excluding carboxylic acids is 2. The molecule has 9 heteroatoms. The average molecular weight is 463 g/mol. The molecule has 4 aromatic rings. The zero-order chi connectivity index (χ0) is 23.2. The first kappa shape index (κ1) is 22.3. The van der Waals surface area contributed by atoms with Crippen molar-refractivity contribution in [1.29, 1.82) is 0 Å². The largest absolute Gasteiger partial charge is 0.485 e. The second kappa shape index (κ2) is 10.2. The number of methoxy groups -OCH3 is 1. The van der Waals surface area contributed by atoms with Gasteiger partial charge in [0.25, 0.3) is 0 Å². The summed E-state index contributed by atoms with van der Waals surface area (Å²) in [4.78, 5) is 23.8. The summed E-state index contributed by atoms with van der Waals surface area (Å²) < 4.78 is 12.5. The number of aromatic nitrogens is 3. The van der Waals surface area contributed by atoms with Gasteiger partial charge in [-0.3, -0.25) is 4.79 Å². The predicted molar refractivity (Wildman–Crippen MR) is 126 cm³/mol. The van der Waals surface area contributed by atoms with Gasteiger partial charge in [0, 0.05) is 18.1 Å². The van der Waals surface area contributed by atoms with Gasteiger partial charge in [-0.05, 0) is 35.7 Å². The van der Waals surface area contributed by atoms with Gasteiger partial charge in [-0.15, -0.1) is 10.2 Å². The van der Waals surface area contributed by atoms with E-state index < -0.39 is 5.97 Å². The Morgan fingerprint density at radius 1 is 1.00 bits per heavy atom. The summed E-state index contributed by atoms with van der Waals surface area (Å²) in [5.74, 6) is 0.981. The summed E-state index contributed by atoms with van der Waals surface area (Å²) in [6, 6.07) is 20.4. The molecule has 33 heavy (non-hydrogen) atoms. The topological polar surface area (TPSA) is 95.3 Å². The van der Waals surface area contributed by atoms with E-state index >= 15 is 0 Å². The maximum atomic E-state index is 12.3. The van der Waals surface area contributed by atoms with E-state index in [9.17, 15) is 9.59 Å². The molecule has 0 spiro atoms. The van der Waals surface area contributed by atoms with Crippen molar-refractivity contribution < 1.29 is 19.1 Å². The van der Waals surface area contributed by atoms with Crippen molar-refractivity contribution in [1.82, 2.24) is 14.8 Å². The molecule has 0 aliphatic heterocycles. The number of nitrogens with one attached hydrogen (secondary N) is 1. The minimum Gasteiger partial charge on any atom is -0.485 e. The first-order chi connectivity index (χ1) is 16.0. The third kappa shape index (κ3) is 5.32. The molecule has 0 radical (unpaired) electrons. The molecular formula is C24H22N4O4S. The van der Waals surface area contributed by atoms with Crippen LogP contribution in [0.15, 0.2) is 71.9 Å². The Labute approximate surface area is 194 Å². The molecule has 0 atom stereocenters. The van der Waals surface area contributed by atoms with Gasteiger partial charge >= 0.3 is 5.97 Å². The molecule has 1 heterocycles. The second-order valence-corrected chi connectivity index (χ2v) is 8.07. The lowest BCUT2D eigenvalue weighted by Crippen LogP contribution is -2.14. The number of thioether (sulfide) groups is 1. The Morgan fingerprint density at radius 2 is 1.76 bits per heavy atom. The van der Waals surface area contributed by atoms with Crippen LogP contribution in [-0.2, 0) is 23.2 Å². The number of nitrogens with zero attached hydrogens (tertiary/aromatic N) is 3. The van der Waals surface area contributed by atoms with E-state index in [1.165, 1.54) is 18.9 Å². The molecule has 0 saturated heterocycles. The highest BCUT2D eigenvalue weighted by atomic mass is 32.2. The Kier molecular flexibility index (Phi) is 6.89. The molecule has 1 amide bonds. The molecule has 1 N–H and O–H groups in total. The minimum atomic E-state index is -0.425. The van der Waals surface area contributed by atoms with Crippen molar-refractivity contribution in [2.24, 2.45) is 7.05 Å². The van der Waals surface area contributed by atoms with E-state index in [-0.39, 0.29) is 18.3 Å². The first-order valence-corrected chi connectivity index (χ1v) is 11.1. The van der Waals surface area contributed by atoms with Crippen LogP contribution in [0, 0.1) is 0 Å². The summed E-state index contributed by atoms with van der Waals surface area (Å²) in [7, 11) is 3.16. The molecule has 0 fully saturated rings. The number of amides is 1. The zero-order valence-electron chi connectivity index (χ0n) is 18.1. The lowest BCUT2D eigenvalue weighted by Gasteiger charge is -2.09. The molecule has 3 aromatic carbocycles. The molecule has 1 aromatic heterocycles. The molecular weight excluding hydrogens is 440 g/mol. The van der Waals surface area contributed by atoms with Crippen LogP contribution >= 0.6 is 11.8 Å². The van der Waals surface area contributed by atoms with E-state index in [2.05, 4.69) is 20.3 Å². The normalized spacial score (nSPS) is 10.7. The van der Waals surface area contributed by atoms with Crippen molar-refractivity contribution in [3.8, 4) is 5.75 Å². The van der Waals surface area contributed by atoms with Crippen LogP contribution in [0.4, 0.5) is 5.69 Å². The number of hydrogen-bond acceptors (Lipinski definition) is 7. The molecule has 168 valence electrons. The molecule has 8 nitrogen and oxygen atoms in total. The van der Waals surface area contributed by atoms with Crippen molar-refractivity contribution in [2.75, 3.05) is 18.2 Å². The zero-order valence-corrected chi connectivity index (χ0v) is 19.0. The number of carbonyl (C=O) groups is 2. The van der Waals surface area contributed by atoms with Crippen LogP contribution in [-0.4, -0.2) is 39.5 Å². The Hall–Kier alpha value is -3.85. The average Bonchev–Trinajstić information content (AvgIpc) is 3.20. The highest BCUT2D eigenvalue weighted by Crippen LogP contribution is 2.26. The third-order valence-electron chi connectivity index (χ3n) is 4.95. The van der Waals surface area contributed by atoms with Crippen LogP contribution in [0.1, 0.15) is 16.2 Å². The molecule has 0 saturated carbocycles. The lowest BCUT2D eigenvalue weighted by atomic mass is 10.1. The van der Waals surface area contributed by atoms with E-state index in [0.29, 0.717) is 22.2 Å². The number of esters is 1. The number of ether oxygens (including phenoxy) is 2. The van der Waals surface area contributed by atoms with Gasteiger partial charge in [0.1, 0.15) is 12.4 Å². The number of benzene rings is 3. The number of hydrogen-bond donors (Lipinski definition) is 1. The maximum absolute atomic E-state index is 12.3. The van der Waals surface area contributed by atoms with Gasteiger partial charge in [-0.1, -0.05) is 48.2 Å². The third-order valence-corrected chi connectivity index (χ3v) is 5.97. The fraction of sp³-hybridized carbons (Fsp3) is 0.167. The van der Waals surface area contributed by atoms with Gasteiger partial charge in [-0.25, -0.2) is 4.79 Å². The fourth-order valence-electron chi connectivity index (χ4n) is 3.19. The van der Waals surface area contributed by atoms with Crippen molar-refractivity contribution in [3.63, 3.8) is 0 Å². The van der Waals surface area contributed by atoms with Gasteiger partial charge in [0.05, 0.1) is 18.4 Å². The first-order valence-electron chi connectivity index (χ1n) is 10.1. The fourth-order valence-corrected chi connectivity index (χ4v) is 3.92. The highest BCUT2D eigenvalue weighted by Gasteiger charge is 2.13. The van der Waals surface area contributed by atoms with Gasteiger partial charge in [0.2, 0.25) is 5.91 Å². The maximum Gasteiger partial charge on any atom is 0.337 e. The van der Waals surface area contributed by atoms with Crippen LogP contribution in [0.3, 0.4) is 0 Å². The Balaban J connectivity index is 1.32. The van der Waals surface area contributed by atoms with Crippen LogP contribution in [0.25, 0.3) is 10.8 Å². The molecule has 0 aliphatic carbocycles. The number of fused-ring (bicyclic) bond motifs is 1. The van der Waals surface area contributed by atoms with Crippen LogP contribution in [0.2, 0.25) is 0 Å². The monoisotopic (exact) mass is 462 g/mol. The lowest BCUT2D eigenvalue weighted by molar-refractivity contribution is -0.113. The van der Waals surface area contributed by atoms with E-state index in [1.807, 2.05) is 54.1 Å². The summed E-state index contributed by atoms with van der Waals surface area (Å²) in [6.45, 7) is 0.261. The Bertz CT molecular complexity index is 1280. The van der Waals surface area contributed by atoms with Crippen LogP contribution < -0.4 is 10.1 Å². The summed E-state index contributed by atoms with van der Waals surface area (Å²) in [5, 5.41) is 13.9. The predicted octanol–water partition coefficient (Wildman–Crippen LogP) is 4.06. The molecule has 0 unspecified atom stereocenters. The smallest absolute Gasteiger partial charge is 0.337 e. The van der Waals surface area contributed by atoms with Gasteiger partial charge in [-0.2, -0.15) is 0 Å². The van der Waals surface area contributed by atoms with E-state index in [1.54, 1.807) is 24.3 Å². The molecule has 0 bridgehead atoms. The second-order valence-electron chi connectivity index (χ2n) is 7.13. The quantitative estimate of drug-likeness (QED) is 0.312. The minimum absolute atomic E-state index is 0.162. The van der Waals surface area contributed by atoms with Crippen LogP contribution in [0.5, 0.6) is 5.75 Å². The standard InChI is InChI=1S/C24H22N4O4S/c1-28-21(14-32-20-9-5-7-16-6-3-4-8-19(16)20)26-27-24(28)33-15-22(29)25-18-12-10-17(11-13-18)23(30)31-2/h3-13H,14-15H2,1-2H3,(H,25,29).